The molecular formula is C24H19F3N2O3S. The lowest BCUT2D eigenvalue weighted by Crippen LogP contribution is -2.72. The van der Waals surface area contributed by atoms with Crippen molar-refractivity contribution in [1.29, 1.82) is 0 Å². The van der Waals surface area contributed by atoms with Crippen LogP contribution in [0.5, 0.6) is 11.5 Å². The van der Waals surface area contributed by atoms with Crippen LogP contribution in [0.3, 0.4) is 0 Å². The zero-order valence-electron chi connectivity index (χ0n) is 17.0. The summed E-state index contributed by atoms with van der Waals surface area (Å²) in [6.45, 7) is 0. The highest BCUT2D eigenvalue weighted by Crippen LogP contribution is 2.44. The number of rotatable bonds is 5. The van der Waals surface area contributed by atoms with Gasteiger partial charge in [0.1, 0.15) is 17.4 Å². The second kappa shape index (κ2) is 8.84. The number of hydrogen-bond acceptors (Lipinski definition) is 4. The van der Waals surface area contributed by atoms with Crippen LogP contribution in [0.4, 0.5) is 13.2 Å². The summed E-state index contributed by atoms with van der Waals surface area (Å²) in [5, 5.41) is 15.0. The van der Waals surface area contributed by atoms with E-state index in [1.807, 2.05) is 11.4 Å². The van der Waals surface area contributed by atoms with E-state index in [1.54, 1.807) is 48.5 Å². The van der Waals surface area contributed by atoms with Gasteiger partial charge in [-0.15, -0.1) is 0 Å². The third-order valence-electron chi connectivity index (χ3n) is 5.34. The molecule has 0 aromatic heterocycles. The Hall–Kier alpha value is -3.43. The minimum absolute atomic E-state index is 0.0308. The number of ether oxygens (including phenoxy) is 1. The van der Waals surface area contributed by atoms with Crippen molar-refractivity contribution in [2.75, 3.05) is 0 Å². The van der Waals surface area contributed by atoms with Gasteiger partial charge in [-0.2, -0.15) is 13.2 Å². The quantitative estimate of drug-likeness (QED) is 0.368. The molecule has 3 aromatic rings. The van der Waals surface area contributed by atoms with E-state index in [1.165, 1.54) is 30.3 Å². The van der Waals surface area contributed by atoms with Crippen LogP contribution in [0, 0.1) is 5.92 Å². The molecule has 4 rings (SSSR count). The number of benzene rings is 3. The number of carbonyl (C=O) groups excluding carboxylic acids is 1. The number of nitrogens with one attached hydrogen (secondary N) is 2. The van der Waals surface area contributed by atoms with Gasteiger partial charge in [0.15, 0.2) is 10.9 Å². The number of carbonyl (C=O) groups is 1. The molecule has 1 aliphatic rings. The second-order valence-electron chi connectivity index (χ2n) is 7.54. The largest absolute Gasteiger partial charge is 0.457 e. The van der Waals surface area contributed by atoms with Gasteiger partial charge in [0.25, 0.3) is 0 Å². The maximum absolute atomic E-state index is 14.1. The molecule has 0 amide bonds. The molecule has 1 heterocycles. The van der Waals surface area contributed by atoms with Crippen molar-refractivity contribution in [3.63, 3.8) is 0 Å². The monoisotopic (exact) mass is 472 g/mol. The van der Waals surface area contributed by atoms with E-state index in [4.69, 9.17) is 17.0 Å². The lowest BCUT2D eigenvalue weighted by Gasteiger charge is -2.46. The SMILES string of the molecule is O=C(c1ccccc1)[C@H]1[C@H](c2cccc(Oc3ccccc3)c2)NC(=S)N[C@]1(O)C(F)(F)F. The van der Waals surface area contributed by atoms with Gasteiger partial charge in [0.2, 0.25) is 5.72 Å². The zero-order valence-corrected chi connectivity index (χ0v) is 17.9. The summed E-state index contributed by atoms with van der Waals surface area (Å²) in [6.07, 6.45) is -5.19. The van der Waals surface area contributed by atoms with E-state index < -0.39 is 34.8 Å². The molecule has 0 unspecified atom stereocenters. The third-order valence-corrected chi connectivity index (χ3v) is 5.56. The maximum atomic E-state index is 14.1. The first-order chi connectivity index (χ1) is 15.7. The van der Waals surface area contributed by atoms with Crippen molar-refractivity contribution in [3.05, 3.63) is 96.1 Å². The number of hydrogen-bond donors (Lipinski definition) is 3. The molecule has 170 valence electrons. The van der Waals surface area contributed by atoms with Gasteiger partial charge in [0.05, 0.1) is 6.04 Å². The van der Waals surface area contributed by atoms with E-state index in [9.17, 15) is 23.1 Å². The Morgan fingerprint density at radius 3 is 2.18 bits per heavy atom. The predicted molar refractivity (Wildman–Crippen MR) is 120 cm³/mol. The number of ketones is 1. The summed E-state index contributed by atoms with van der Waals surface area (Å²) in [5.74, 6) is -1.98. The number of halogens is 3. The molecule has 0 aliphatic carbocycles. The summed E-state index contributed by atoms with van der Waals surface area (Å²) in [4.78, 5) is 13.3. The molecule has 5 nitrogen and oxygen atoms in total. The van der Waals surface area contributed by atoms with Gasteiger partial charge in [-0.1, -0.05) is 60.7 Å². The molecule has 1 aliphatic heterocycles. The van der Waals surface area contributed by atoms with Gasteiger partial charge in [-0.3, -0.25) is 4.79 Å². The summed E-state index contributed by atoms with van der Waals surface area (Å²) in [5.41, 5.74) is -3.25. The third kappa shape index (κ3) is 4.55. The van der Waals surface area contributed by atoms with Crippen LogP contribution in [0.15, 0.2) is 84.9 Å². The molecule has 0 radical (unpaired) electrons. The van der Waals surface area contributed by atoms with Crippen LogP contribution in [0.1, 0.15) is 22.0 Å². The van der Waals surface area contributed by atoms with E-state index in [0.29, 0.717) is 17.1 Å². The fourth-order valence-electron chi connectivity index (χ4n) is 3.79. The van der Waals surface area contributed by atoms with Crippen molar-refractivity contribution >= 4 is 23.1 Å². The summed E-state index contributed by atoms with van der Waals surface area (Å²) < 4.78 is 48.1. The van der Waals surface area contributed by atoms with Crippen LogP contribution in [-0.2, 0) is 0 Å². The Bertz CT molecular complexity index is 1160. The fraction of sp³-hybridized carbons (Fsp3) is 0.167. The van der Waals surface area contributed by atoms with Crippen molar-refractivity contribution in [2.45, 2.75) is 17.9 Å². The number of alkyl halides is 3. The van der Waals surface area contributed by atoms with Crippen LogP contribution < -0.4 is 15.4 Å². The van der Waals surface area contributed by atoms with E-state index in [-0.39, 0.29) is 5.56 Å². The van der Waals surface area contributed by atoms with Crippen LogP contribution in [0.2, 0.25) is 0 Å². The molecule has 0 bridgehead atoms. The maximum Gasteiger partial charge on any atom is 0.437 e. The highest BCUT2D eigenvalue weighted by molar-refractivity contribution is 7.80. The minimum Gasteiger partial charge on any atom is -0.457 e. The fourth-order valence-corrected chi connectivity index (χ4v) is 4.08. The van der Waals surface area contributed by atoms with Gasteiger partial charge in [-0.25, -0.2) is 0 Å². The minimum atomic E-state index is -5.19. The number of Topliss-reactive ketones (excluding diaryl/α,β-unsaturated/α-hetero) is 1. The lowest BCUT2D eigenvalue weighted by atomic mass is 9.77. The van der Waals surface area contributed by atoms with E-state index >= 15 is 0 Å². The second-order valence-corrected chi connectivity index (χ2v) is 7.94. The number of aliphatic hydroxyl groups is 1. The molecule has 0 spiro atoms. The highest BCUT2D eigenvalue weighted by Gasteiger charge is 2.65. The molecule has 33 heavy (non-hydrogen) atoms. The molecule has 3 N–H and O–H groups in total. The molecular weight excluding hydrogens is 453 g/mol. The van der Waals surface area contributed by atoms with Crippen molar-refractivity contribution in [2.24, 2.45) is 5.92 Å². The topological polar surface area (TPSA) is 70.6 Å². The Morgan fingerprint density at radius 2 is 1.55 bits per heavy atom. The van der Waals surface area contributed by atoms with E-state index in [0.717, 1.165) is 0 Å². The summed E-state index contributed by atoms with van der Waals surface area (Å²) >= 11 is 4.97. The summed E-state index contributed by atoms with van der Waals surface area (Å²) in [6, 6.07) is 21.4. The normalized spacial score (nSPS) is 22.7. The first kappa shape index (κ1) is 22.8. The van der Waals surface area contributed by atoms with Crippen LogP contribution in [-0.4, -0.2) is 27.9 Å². The zero-order chi connectivity index (χ0) is 23.6. The van der Waals surface area contributed by atoms with Gasteiger partial charge in [0, 0.05) is 5.56 Å². The highest BCUT2D eigenvalue weighted by atomic mass is 32.1. The molecule has 0 saturated carbocycles. The molecule has 1 fully saturated rings. The van der Waals surface area contributed by atoms with Gasteiger partial charge < -0.3 is 20.5 Å². The van der Waals surface area contributed by atoms with Crippen LogP contribution in [0.25, 0.3) is 0 Å². The molecule has 3 aromatic carbocycles. The van der Waals surface area contributed by atoms with Crippen molar-refractivity contribution < 1.29 is 27.8 Å². The van der Waals surface area contributed by atoms with Crippen molar-refractivity contribution in [3.8, 4) is 11.5 Å². The first-order valence-electron chi connectivity index (χ1n) is 9.99. The molecule has 9 heteroatoms. The number of thiocarbonyl (C=S) groups is 1. The lowest BCUT2D eigenvalue weighted by molar-refractivity contribution is -0.285. The van der Waals surface area contributed by atoms with Crippen molar-refractivity contribution in [1.82, 2.24) is 10.6 Å². The average molecular weight is 472 g/mol. The Balaban J connectivity index is 1.78. The average Bonchev–Trinajstić information content (AvgIpc) is 2.79. The molecule has 1 saturated heterocycles. The number of para-hydroxylation sites is 1. The summed E-state index contributed by atoms with van der Waals surface area (Å²) in [7, 11) is 0. The Morgan fingerprint density at radius 1 is 0.939 bits per heavy atom. The molecule has 3 atom stereocenters. The first-order valence-corrected chi connectivity index (χ1v) is 10.4. The van der Waals surface area contributed by atoms with Gasteiger partial charge in [-0.05, 0) is 42.0 Å². The van der Waals surface area contributed by atoms with E-state index in [2.05, 4.69) is 5.32 Å². The smallest absolute Gasteiger partial charge is 0.437 e. The van der Waals surface area contributed by atoms with Crippen LogP contribution >= 0.6 is 12.2 Å². The Labute approximate surface area is 193 Å². The standard InChI is InChI=1S/C24H19F3N2O3S/c25-24(26,27)23(31)19(21(30)15-8-3-1-4-9-15)20(28-22(33)29-23)16-10-7-13-18(14-16)32-17-11-5-2-6-12-17/h1-14,19-20,31H,(H2,28,29,33)/t19-,20+,23-/m1/s1. The Kier molecular flexibility index (Phi) is 6.09. The van der Waals surface area contributed by atoms with Gasteiger partial charge >= 0.3 is 6.18 Å². The predicted octanol–water partition coefficient (Wildman–Crippen LogP) is 4.75.